The van der Waals surface area contributed by atoms with Gasteiger partial charge in [0.05, 0.1) is 0 Å². The number of primary amides is 1. The Kier molecular flexibility index (Phi) is 4.25. The first-order valence-electron chi connectivity index (χ1n) is 8.03. The average molecular weight is 323 g/mol. The van der Waals surface area contributed by atoms with Gasteiger partial charge >= 0.3 is 6.03 Å². The van der Waals surface area contributed by atoms with Crippen LogP contribution < -0.4 is 16.4 Å². The van der Waals surface area contributed by atoms with Gasteiger partial charge in [0.1, 0.15) is 6.04 Å². The maximum Gasteiger partial charge on any atom is 0.312 e. The largest absolute Gasteiger partial charge is 0.352 e. The summed E-state index contributed by atoms with van der Waals surface area (Å²) >= 11 is 0. The predicted octanol–water partition coefficient (Wildman–Crippen LogP) is 2.89. The predicted molar refractivity (Wildman–Crippen MR) is 94.7 cm³/mol. The Morgan fingerprint density at radius 1 is 1.04 bits per heavy atom. The summed E-state index contributed by atoms with van der Waals surface area (Å²) in [5, 5.41) is 5.37. The quantitative estimate of drug-likeness (QED) is 0.690. The number of amides is 3. The lowest BCUT2D eigenvalue weighted by Crippen LogP contribution is -2.49. The maximum atomic E-state index is 12.4. The van der Waals surface area contributed by atoms with Crippen molar-refractivity contribution in [3.63, 3.8) is 0 Å². The lowest BCUT2D eigenvalue weighted by Gasteiger charge is -2.20. The molecule has 1 aliphatic carbocycles. The van der Waals surface area contributed by atoms with Gasteiger partial charge in [0.2, 0.25) is 5.91 Å². The van der Waals surface area contributed by atoms with E-state index in [1.807, 2.05) is 44.2 Å². The van der Waals surface area contributed by atoms with Crippen LogP contribution in [-0.2, 0) is 11.2 Å². The molecule has 4 N–H and O–H groups in total. The van der Waals surface area contributed by atoms with Crippen LogP contribution in [0.25, 0.3) is 11.1 Å². The topological polar surface area (TPSA) is 84.2 Å². The highest BCUT2D eigenvalue weighted by Gasteiger charge is 2.24. The third-order valence-electron chi connectivity index (χ3n) is 4.31. The molecule has 0 saturated carbocycles. The van der Waals surface area contributed by atoms with Crippen molar-refractivity contribution >= 4 is 17.6 Å². The van der Waals surface area contributed by atoms with E-state index in [1.165, 1.54) is 22.3 Å². The summed E-state index contributed by atoms with van der Waals surface area (Å²) < 4.78 is 0. The molecule has 5 nitrogen and oxygen atoms in total. The summed E-state index contributed by atoms with van der Waals surface area (Å²) in [7, 11) is 0. The Bertz CT molecular complexity index is 799. The van der Waals surface area contributed by atoms with Crippen LogP contribution in [0.1, 0.15) is 25.0 Å². The summed E-state index contributed by atoms with van der Waals surface area (Å²) in [5.41, 5.74) is 10.8. The van der Waals surface area contributed by atoms with Gasteiger partial charge in [-0.1, -0.05) is 44.2 Å². The summed E-state index contributed by atoms with van der Waals surface area (Å²) in [4.78, 5) is 23.5. The zero-order chi connectivity index (χ0) is 17.3. The molecule has 0 unspecified atom stereocenters. The molecule has 124 valence electrons. The summed E-state index contributed by atoms with van der Waals surface area (Å²) in [6.45, 7) is 3.72. The van der Waals surface area contributed by atoms with Crippen molar-refractivity contribution in [1.29, 1.82) is 0 Å². The van der Waals surface area contributed by atoms with Gasteiger partial charge in [-0.05, 0) is 46.7 Å². The van der Waals surface area contributed by atoms with Gasteiger partial charge in [-0.2, -0.15) is 0 Å². The Morgan fingerprint density at radius 2 is 1.75 bits per heavy atom. The maximum absolute atomic E-state index is 12.4. The molecular weight excluding hydrogens is 302 g/mol. The summed E-state index contributed by atoms with van der Waals surface area (Å²) in [6, 6.07) is 12.9. The van der Waals surface area contributed by atoms with Crippen molar-refractivity contribution < 1.29 is 9.59 Å². The zero-order valence-electron chi connectivity index (χ0n) is 13.8. The molecule has 0 aliphatic heterocycles. The van der Waals surface area contributed by atoms with Crippen LogP contribution >= 0.6 is 0 Å². The van der Waals surface area contributed by atoms with E-state index in [4.69, 9.17) is 5.73 Å². The number of carbonyl (C=O) groups excluding carboxylic acids is 2. The summed E-state index contributed by atoms with van der Waals surface area (Å²) in [5.74, 6) is -0.324. The van der Waals surface area contributed by atoms with Crippen LogP contribution in [0.4, 0.5) is 10.5 Å². The molecule has 24 heavy (non-hydrogen) atoms. The fourth-order valence-corrected chi connectivity index (χ4v) is 3.13. The van der Waals surface area contributed by atoms with E-state index in [2.05, 4.69) is 22.8 Å². The van der Waals surface area contributed by atoms with Crippen molar-refractivity contribution in [2.24, 2.45) is 11.7 Å². The van der Waals surface area contributed by atoms with E-state index in [0.717, 1.165) is 12.1 Å². The van der Waals surface area contributed by atoms with E-state index in [9.17, 15) is 9.59 Å². The minimum atomic E-state index is -0.701. The lowest BCUT2D eigenvalue weighted by molar-refractivity contribution is -0.118. The molecule has 5 heteroatoms. The van der Waals surface area contributed by atoms with Gasteiger partial charge in [-0.3, -0.25) is 4.79 Å². The highest BCUT2D eigenvalue weighted by atomic mass is 16.2. The SMILES string of the molecule is CC(C)[C@H](NC(N)=O)C(=O)Nc1ccc2c(c1)Cc1ccccc1-2. The molecule has 0 fully saturated rings. The number of rotatable bonds is 4. The molecule has 2 aromatic rings. The van der Waals surface area contributed by atoms with Crippen LogP contribution in [0.3, 0.4) is 0 Å². The highest BCUT2D eigenvalue weighted by Crippen LogP contribution is 2.37. The minimum Gasteiger partial charge on any atom is -0.352 e. The number of hydrogen-bond acceptors (Lipinski definition) is 2. The first kappa shape index (κ1) is 16.1. The van der Waals surface area contributed by atoms with Gasteiger partial charge < -0.3 is 16.4 Å². The first-order chi connectivity index (χ1) is 11.5. The standard InChI is InChI=1S/C19H21N3O2/c1-11(2)17(22-19(20)24)18(23)21-14-7-8-16-13(10-14)9-12-5-3-4-6-15(12)16/h3-8,10-11,17H,9H2,1-2H3,(H,21,23)(H3,20,22,24)/t17-/m0/s1. The fourth-order valence-electron chi connectivity index (χ4n) is 3.13. The normalized spacial score (nSPS) is 13.1. The highest BCUT2D eigenvalue weighted by molar-refractivity contribution is 5.97. The Labute approximate surface area is 141 Å². The minimum absolute atomic E-state index is 0.0591. The molecular formula is C19H21N3O2. The van der Waals surface area contributed by atoms with E-state index >= 15 is 0 Å². The van der Waals surface area contributed by atoms with E-state index in [-0.39, 0.29) is 11.8 Å². The monoisotopic (exact) mass is 323 g/mol. The number of urea groups is 1. The van der Waals surface area contributed by atoms with E-state index in [1.54, 1.807) is 0 Å². The van der Waals surface area contributed by atoms with Crippen molar-refractivity contribution in [1.82, 2.24) is 5.32 Å². The number of carbonyl (C=O) groups is 2. The molecule has 1 atom stereocenters. The number of nitrogens with one attached hydrogen (secondary N) is 2. The zero-order valence-corrected chi connectivity index (χ0v) is 13.8. The molecule has 3 rings (SSSR count). The molecule has 0 heterocycles. The van der Waals surface area contributed by atoms with E-state index < -0.39 is 12.1 Å². The molecule has 0 aromatic heterocycles. The third kappa shape index (κ3) is 3.11. The number of nitrogens with two attached hydrogens (primary N) is 1. The second kappa shape index (κ2) is 6.35. The van der Waals surface area contributed by atoms with Crippen molar-refractivity contribution in [2.75, 3.05) is 5.32 Å². The molecule has 0 bridgehead atoms. The van der Waals surface area contributed by atoms with E-state index in [0.29, 0.717) is 0 Å². The van der Waals surface area contributed by atoms with Crippen LogP contribution in [-0.4, -0.2) is 18.0 Å². The number of benzene rings is 2. The van der Waals surface area contributed by atoms with Crippen LogP contribution in [0.15, 0.2) is 42.5 Å². The molecule has 0 saturated heterocycles. The van der Waals surface area contributed by atoms with Gasteiger partial charge in [0.15, 0.2) is 0 Å². The number of fused-ring (bicyclic) bond motifs is 3. The molecule has 3 amide bonds. The Balaban J connectivity index is 1.79. The number of anilines is 1. The van der Waals surface area contributed by atoms with Gasteiger partial charge in [-0.25, -0.2) is 4.79 Å². The second-order valence-electron chi connectivity index (χ2n) is 6.43. The van der Waals surface area contributed by atoms with Gasteiger partial charge in [0, 0.05) is 5.69 Å². The average Bonchev–Trinajstić information content (AvgIpc) is 2.89. The third-order valence-corrected chi connectivity index (χ3v) is 4.31. The summed E-state index contributed by atoms with van der Waals surface area (Å²) in [6.07, 6.45) is 0.863. The van der Waals surface area contributed by atoms with Gasteiger partial charge in [0.25, 0.3) is 0 Å². The molecule has 2 aromatic carbocycles. The van der Waals surface area contributed by atoms with Crippen molar-refractivity contribution in [3.8, 4) is 11.1 Å². The van der Waals surface area contributed by atoms with Crippen LogP contribution in [0, 0.1) is 5.92 Å². The smallest absolute Gasteiger partial charge is 0.312 e. The molecule has 0 radical (unpaired) electrons. The van der Waals surface area contributed by atoms with Crippen LogP contribution in [0.2, 0.25) is 0 Å². The van der Waals surface area contributed by atoms with Crippen molar-refractivity contribution in [2.45, 2.75) is 26.3 Å². The van der Waals surface area contributed by atoms with Crippen LogP contribution in [0.5, 0.6) is 0 Å². The van der Waals surface area contributed by atoms with Gasteiger partial charge in [-0.15, -0.1) is 0 Å². The van der Waals surface area contributed by atoms with Crippen molar-refractivity contribution in [3.05, 3.63) is 53.6 Å². The Morgan fingerprint density at radius 3 is 2.46 bits per heavy atom. The molecule has 1 aliphatic rings. The Hall–Kier alpha value is -2.82. The fraction of sp³-hybridized carbons (Fsp3) is 0.263. The second-order valence-corrected chi connectivity index (χ2v) is 6.43. The molecule has 0 spiro atoms. The lowest BCUT2D eigenvalue weighted by atomic mass is 10.0. The number of hydrogen-bond donors (Lipinski definition) is 3. The first-order valence-corrected chi connectivity index (χ1v) is 8.03.